The fourth-order valence-electron chi connectivity index (χ4n) is 6.85. The highest BCUT2D eigenvalue weighted by Crippen LogP contribution is 2.49. The summed E-state index contributed by atoms with van der Waals surface area (Å²) in [6.07, 6.45) is 1.47. The number of H-pyrrole nitrogens is 2. The van der Waals surface area contributed by atoms with Gasteiger partial charge in [-0.05, 0) is 49.6 Å². The van der Waals surface area contributed by atoms with Gasteiger partial charge in [-0.25, -0.2) is 14.8 Å². The van der Waals surface area contributed by atoms with Gasteiger partial charge in [0.05, 0.1) is 35.4 Å². The van der Waals surface area contributed by atoms with Crippen LogP contribution in [0.15, 0.2) is 43.5 Å². The van der Waals surface area contributed by atoms with Crippen LogP contribution < -0.4 is 0 Å². The number of aliphatic hydroxyl groups is 3. The third-order valence-corrected chi connectivity index (χ3v) is 9.24. The van der Waals surface area contributed by atoms with E-state index in [1.54, 1.807) is 25.1 Å². The van der Waals surface area contributed by atoms with Crippen LogP contribution in [0, 0.1) is 6.92 Å². The number of aliphatic carboxylic acids is 1. The largest absolute Gasteiger partial charge is 0.506 e. The molecule has 11 nitrogen and oxygen atoms in total. The number of nitrogens with zero attached hydrogens (tertiary/aromatic N) is 2. The van der Waals surface area contributed by atoms with Gasteiger partial charge < -0.3 is 35.1 Å². The molecule has 0 spiro atoms. The number of fused-ring (bicyclic) bond motifs is 8. The standard InChI is InChI=1S/C35H34N4O7/c1-7-17-14(3)20-11-21-15(4)19(9-10-26(40)41)31(38-21)29-30(35(45)46-6)33(42)27-16(5)22(39-32(27)29)12-24-18(8-2)28(34(43)44)25(37-24)13-23(17)36-20/h7-8,11-13,15,19,34,38-39,42-44H,1-2,9-10H2,3-6H3,(H,40,41)/t15-,19-/m0/s1. The number of esters is 1. The first kappa shape index (κ1) is 30.8. The summed E-state index contributed by atoms with van der Waals surface area (Å²) in [7, 11) is 1.23. The van der Waals surface area contributed by atoms with Crippen LogP contribution in [0.4, 0.5) is 0 Å². The van der Waals surface area contributed by atoms with Crippen molar-refractivity contribution in [2.45, 2.75) is 51.7 Å². The average molecular weight is 623 g/mol. The summed E-state index contributed by atoms with van der Waals surface area (Å²) in [5.74, 6) is -2.53. The van der Waals surface area contributed by atoms with E-state index in [0.717, 1.165) is 16.8 Å². The molecule has 46 heavy (non-hydrogen) atoms. The number of carboxylic acids is 1. The second-order valence-electron chi connectivity index (χ2n) is 11.7. The Morgan fingerprint density at radius 1 is 1.00 bits per heavy atom. The number of rotatable bonds is 7. The minimum absolute atomic E-state index is 0.0320. The van der Waals surface area contributed by atoms with E-state index >= 15 is 0 Å². The quantitative estimate of drug-likeness (QED) is 0.171. The van der Waals surface area contributed by atoms with Gasteiger partial charge in [0.1, 0.15) is 11.3 Å². The summed E-state index contributed by atoms with van der Waals surface area (Å²) < 4.78 is 5.11. The maximum atomic E-state index is 13.2. The topological polar surface area (TPSA) is 182 Å². The Balaban J connectivity index is 1.83. The fraction of sp³-hybridized carbons (Fsp3) is 0.257. The Morgan fingerprint density at radius 2 is 1.67 bits per heavy atom. The second kappa shape index (κ2) is 11.3. The number of ether oxygens (including phenoxy) is 1. The van der Waals surface area contributed by atoms with E-state index in [2.05, 4.69) is 23.1 Å². The highest BCUT2D eigenvalue weighted by atomic mass is 16.5. The van der Waals surface area contributed by atoms with Crippen LogP contribution in [0.1, 0.15) is 89.4 Å². The molecule has 0 radical (unpaired) electrons. The first-order valence-corrected chi connectivity index (χ1v) is 14.8. The van der Waals surface area contributed by atoms with E-state index in [0.29, 0.717) is 61.8 Å². The first-order chi connectivity index (χ1) is 21.9. The molecule has 6 N–H and O–H groups in total. The molecule has 2 aromatic heterocycles. The fourth-order valence-corrected chi connectivity index (χ4v) is 6.85. The van der Waals surface area contributed by atoms with Crippen molar-refractivity contribution in [1.82, 2.24) is 19.9 Å². The Morgan fingerprint density at radius 3 is 2.30 bits per heavy atom. The Labute approximate surface area is 264 Å². The molecule has 11 heteroatoms. The van der Waals surface area contributed by atoms with Crippen LogP contribution in [0.25, 0.3) is 44.7 Å². The van der Waals surface area contributed by atoms with E-state index in [1.165, 1.54) is 13.2 Å². The maximum absolute atomic E-state index is 13.2. The number of aromatic nitrogens is 4. The Bertz CT molecular complexity index is 2060. The van der Waals surface area contributed by atoms with Crippen molar-refractivity contribution in [3.63, 3.8) is 0 Å². The summed E-state index contributed by atoms with van der Waals surface area (Å²) in [5, 5.41) is 42.0. The summed E-state index contributed by atoms with van der Waals surface area (Å²) >= 11 is 0. The molecule has 0 fully saturated rings. The zero-order chi connectivity index (χ0) is 33.2. The van der Waals surface area contributed by atoms with Gasteiger partial charge in [0.15, 0.2) is 6.29 Å². The number of carboxylic acid groups (broad SMARTS) is 1. The molecule has 0 amide bonds. The van der Waals surface area contributed by atoms with Crippen LogP contribution in [0.5, 0.6) is 0 Å². The molecule has 1 aliphatic carbocycles. The van der Waals surface area contributed by atoms with Crippen LogP contribution in [-0.2, 0) is 14.3 Å². The average Bonchev–Trinajstić information content (AvgIpc) is 3.76. The third kappa shape index (κ3) is 4.58. The molecule has 0 unspecified atom stereocenters. The third-order valence-electron chi connectivity index (χ3n) is 9.24. The van der Waals surface area contributed by atoms with Gasteiger partial charge >= 0.3 is 11.9 Å². The van der Waals surface area contributed by atoms with Gasteiger partial charge in [0.2, 0.25) is 0 Å². The number of aromatic amines is 2. The molecule has 2 aromatic rings. The molecule has 6 rings (SSSR count). The lowest BCUT2D eigenvalue weighted by Gasteiger charge is -2.17. The van der Waals surface area contributed by atoms with Crippen molar-refractivity contribution >= 4 is 56.6 Å². The van der Waals surface area contributed by atoms with Crippen LogP contribution in [-0.4, -0.2) is 65.7 Å². The number of nitrogens with one attached hydrogen (secondary N) is 2. The Kier molecular flexibility index (Phi) is 7.54. The maximum Gasteiger partial charge on any atom is 0.342 e. The van der Waals surface area contributed by atoms with Crippen molar-refractivity contribution in [1.29, 1.82) is 0 Å². The monoisotopic (exact) mass is 622 g/mol. The SMILES string of the molecule is C=CC1=C(C)c2cc3[nH]c(c4c5[nH]c(cc6nc(cc1n2)C(C(O)O)=C6C=C)c(C)c5C(O)=C4C(=O)OC)[C@@H](CCC(=O)O)[C@@H]3C. The molecule has 8 bridgehead atoms. The first-order valence-electron chi connectivity index (χ1n) is 14.8. The van der Waals surface area contributed by atoms with Crippen molar-refractivity contribution < 1.29 is 34.8 Å². The molecule has 0 saturated carbocycles. The van der Waals surface area contributed by atoms with Crippen molar-refractivity contribution in [2.75, 3.05) is 7.11 Å². The zero-order valence-electron chi connectivity index (χ0n) is 25.9. The Hall–Kier alpha value is -5.26. The van der Waals surface area contributed by atoms with Gasteiger partial charge in [-0.3, -0.25) is 4.79 Å². The molecule has 2 atom stereocenters. The zero-order valence-corrected chi connectivity index (χ0v) is 25.9. The smallest absolute Gasteiger partial charge is 0.342 e. The lowest BCUT2D eigenvalue weighted by molar-refractivity contribution is -0.137. The minimum Gasteiger partial charge on any atom is -0.506 e. The van der Waals surface area contributed by atoms with E-state index < -0.39 is 18.2 Å². The number of carbonyl (C=O) groups is 2. The number of methoxy groups -OCH3 is 1. The van der Waals surface area contributed by atoms with E-state index in [9.17, 15) is 30.0 Å². The van der Waals surface area contributed by atoms with E-state index in [-0.39, 0.29) is 41.6 Å². The van der Waals surface area contributed by atoms with Gasteiger partial charge in [0.25, 0.3) is 0 Å². The number of hydrogen-bond donors (Lipinski definition) is 6. The molecule has 0 saturated heterocycles. The van der Waals surface area contributed by atoms with Crippen molar-refractivity contribution in [3.8, 4) is 0 Å². The molecule has 5 heterocycles. The number of hydrogen-bond acceptors (Lipinski definition) is 8. The number of aryl methyl sites for hydroxylation is 1. The molecule has 4 aliphatic rings. The van der Waals surface area contributed by atoms with Gasteiger partial charge in [0, 0.05) is 63.0 Å². The van der Waals surface area contributed by atoms with Gasteiger partial charge in [-0.1, -0.05) is 32.2 Å². The predicted molar refractivity (Wildman–Crippen MR) is 174 cm³/mol. The lowest BCUT2D eigenvalue weighted by Crippen LogP contribution is -2.10. The summed E-state index contributed by atoms with van der Waals surface area (Å²) in [4.78, 5) is 41.4. The summed E-state index contributed by atoms with van der Waals surface area (Å²) in [5.41, 5.74) is 7.66. The second-order valence-corrected chi connectivity index (χ2v) is 11.7. The van der Waals surface area contributed by atoms with Crippen molar-refractivity contribution in [3.05, 3.63) is 94.4 Å². The van der Waals surface area contributed by atoms with E-state index in [1.807, 2.05) is 19.9 Å². The number of allylic oxidation sites excluding steroid dienone is 5. The molecule has 236 valence electrons. The normalized spacial score (nSPS) is 18.0. The van der Waals surface area contributed by atoms with Gasteiger partial charge in [-0.15, -0.1) is 0 Å². The molecule has 3 aliphatic heterocycles. The van der Waals surface area contributed by atoms with Crippen LogP contribution >= 0.6 is 0 Å². The number of aliphatic hydroxyl groups excluding tert-OH is 2. The number of carbonyl (C=O) groups excluding carboxylic acids is 1. The van der Waals surface area contributed by atoms with E-state index in [4.69, 9.17) is 14.7 Å². The van der Waals surface area contributed by atoms with Crippen LogP contribution in [0.3, 0.4) is 0 Å². The molecule has 0 aromatic carbocycles. The summed E-state index contributed by atoms with van der Waals surface area (Å²) in [6, 6.07) is 5.28. The highest BCUT2D eigenvalue weighted by Gasteiger charge is 2.39. The highest BCUT2D eigenvalue weighted by molar-refractivity contribution is 6.30. The predicted octanol–water partition coefficient (Wildman–Crippen LogP) is 5.53. The minimum atomic E-state index is -1.86. The lowest BCUT2D eigenvalue weighted by atomic mass is 9.85. The van der Waals surface area contributed by atoms with Gasteiger partial charge in [-0.2, -0.15) is 0 Å². The molecular formula is C35H34N4O7. The van der Waals surface area contributed by atoms with Crippen LogP contribution in [0.2, 0.25) is 0 Å². The molecular weight excluding hydrogens is 588 g/mol. The van der Waals surface area contributed by atoms with Crippen molar-refractivity contribution in [2.24, 2.45) is 0 Å². The summed E-state index contributed by atoms with van der Waals surface area (Å²) in [6.45, 7) is 13.5.